The number of carbonyl (C=O) groups excluding carboxylic acids is 1. The van der Waals surface area contributed by atoms with E-state index < -0.39 is 4.92 Å². The number of non-ortho nitro benzene ring substituents is 1. The van der Waals surface area contributed by atoms with Crippen molar-refractivity contribution < 1.29 is 19.2 Å². The Kier molecular flexibility index (Phi) is 8.07. The summed E-state index contributed by atoms with van der Waals surface area (Å²) in [6.45, 7) is 2.69. The van der Waals surface area contributed by atoms with E-state index in [1.165, 1.54) is 23.9 Å². The van der Waals surface area contributed by atoms with Crippen molar-refractivity contribution >= 4 is 56.2 Å². The molecular weight excluding hydrogens is 546 g/mol. The zero-order valence-corrected chi connectivity index (χ0v) is 21.9. The lowest BCUT2D eigenvalue weighted by atomic mass is 10.2. The fourth-order valence-electron chi connectivity index (χ4n) is 3.39. The highest BCUT2D eigenvalue weighted by Gasteiger charge is 2.32. The summed E-state index contributed by atoms with van der Waals surface area (Å²) in [5, 5.41) is 11.4. The number of nitro groups is 1. The highest BCUT2D eigenvalue weighted by Crippen LogP contribution is 2.35. The first kappa shape index (κ1) is 25.5. The molecule has 1 amide bonds. The molecule has 0 radical (unpaired) electrons. The zero-order valence-electron chi connectivity index (χ0n) is 19.5. The van der Waals surface area contributed by atoms with Crippen molar-refractivity contribution in [3.05, 3.63) is 97.3 Å². The molecule has 0 aromatic heterocycles. The fourth-order valence-corrected chi connectivity index (χ4v) is 4.96. The molecule has 3 aromatic rings. The van der Waals surface area contributed by atoms with Gasteiger partial charge in [0.05, 0.1) is 27.1 Å². The second-order valence-electron chi connectivity index (χ2n) is 7.65. The van der Waals surface area contributed by atoms with Crippen LogP contribution < -0.4 is 9.47 Å². The van der Waals surface area contributed by atoms with Crippen LogP contribution >= 0.6 is 27.7 Å². The number of hydrogen-bond acceptors (Lipinski definition) is 7. The minimum atomic E-state index is -0.435. The zero-order chi connectivity index (χ0) is 25.7. The predicted molar refractivity (Wildman–Crippen MR) is 145 cm³/mol. The maximum absolute atomic E-state index is 13.0. The smallest absolute Gasteiger partial charge is 0.269 e. The Morgan fingerprint density at radius 1 is 1.11 bits per heavy atom. The van der Waals surface area contributed by atoms with Crippen molar-refractivity contribution in [3.63, 3.8) is 0 Å². The molecule has 0 bridgehead atoms. The van der Waals surface area contributed by atoms with E-state index in [-0.39, 0.29) is 18.2 Å². The number of halogens is 1. The number of likely N-dealkylation sites (N-methyl/N-ethyl adjacent to an activating group) is 1. The first-order valence-electron chi connectivity index (χ1n) is 11.0. The number of ether oxygens (including phenoxy) is 2. The maximum atomic E-state index is 13.0. The summed E-state index contributed by atoms with van der Waals surface area (Å²) in [5.41, 5.74) is 2.43. The molecule has 8 nitrogen and oxygen atoms in total. The summed E-state index contributed by atoms with van der Waals surface area (Å²) in [4.78, 5) is 30.2. The lowest BCUT2D eigenvalue weighted by Crippen LogP contribution is -2.28. The molecule has 1 saturated heterocycles. The van der Waals surface area contributed by atoms with Gasteiger partial charge in [0.15, 0.2) is 5.17 Å². The number of thioether (sulfide) groups is 1. The van der Waals surface area contributed by atoms with Gasteiger partial charge in [-0.25, -0.2) is 4.99 Å². The summed E-state index contributed by atoms with van der Waals surface area (Å²) in [5.74, 6) is 1.27. The number of hydrogen-bond donors (Lipinski definition) is 0. The van der Waals surface area contributed by atoms with E-state index in [0.29, 0.717) is 22.4 Å². The molecule has 0 atom stereocenters. The Morgan fingerprint density at radius 2 is 1.83 bits per heavy atom. The van der Waals surface area contributed by atoms with E-state index >= 15 is 0 Å². The number of rotatable bonds is 8. The third-order valence-corrected chi connectivity index (χ3v) is 6.92. The van der Waals surface area contributed by atoms with Gasteiger partial charge in [0.25, 0.3) is 11.6 Å². The molecule has 1 aliphatic heterocycles. The minimum Gasteiger partial charge on any atom is -0.497 e. The summed E-state index contributed by atoms with van der Waals surface area (Å²) in [6, 6.07) is 19.1. The molecule has 10 heteroatoms. The monoisotopic (exact) mass is 567 g/mol. The van der Waals surface area contributed by atoms with E-state index in [4.69, 9.17) is 9.47 Å². The van der Waals surface area contributed by atoms with Crippen LogP contribution in [0.25, 0.3) is 6.08 Å². The van der Waals surface area contributed by atoms with Crippen LogP contribution in [0.3, 0.4) is 0 Å². The number of aliphatic imine (C=N–C) groups is 1. The van der Waals surface area contributed by atoms with Crippen molar-refractivity contribution in [3.8, 4) is 11.5 Å². The van der Waals surface area contributed by atoms with Gasteiger partial charge in [0.1, 0.15) is 18.1 Å². The minimum absolute atomic E-state index is 0.0375. The molecule has 184 valence electrons. The number of carbonyl (C=O) groups is 1. The van der Waals surface area contributed by atoms with Crippen molar-refractivity contribution in [2.45, 2.75) is 13.5 Å². The fraction of sp³-hybridized carbons (Fsp3) is 0.154. The van der Waals surface area contributed by atoms with Crippen molar-refractivity contribution in [1.82, 2.24) is 4.90 Å². The molecule has 0 aliphatic carbocycles. The van der Waals surface area contributed by atoms with Gasteiger partial charge in [-0.3, -0.25) is 19.8 Å². The lowest BCUT2D eigenvalue weighted by Gasteiger charge is -2.12. The Balaban J connectivity index is 1.47. The molecule has 36 heavy (non-hydrogen) atoms. The van der Waals surface area contributed by atoms with E-state index in [1.54, 1.807) is 24.1 Å². The standard InChI is InChI=1S/C26H22BrN3O5S/c1-3-29-25(31)24(36-26(29)28-19-7-11-21(34-2)12-8-19)15-18-6-13-23(22(27)14-18)35-16-17-4-9-20(10-5-17)30(32)33/h4-15H,3,16H2,1-2H3/b24-15+,28-26?. The van der Waals surface area contributed by atoms with Crippen LogP contribution in [0.1, 0.15) is 18.1 Å². The first-order valence-corrected chi connectivity index (χ1v) is 12.6. The molecule has 1 heterocycles. The molecule has 0 N–H and O–H groups in total. The van der Waals surface area contributed by atoms with Crippen molar-refractivity contribution in [2.24, 2.45) is 4.99 Å². The van der Waals surface area contributed by atoms with Crippen LogP contribution in [0.15, 0.2) is 81.1 Å². The largest absolute Gasteiger partial charge is 0.497 e. The van der Waals surface area contributed by atoms with Crippen molar-refractivity contribution in [1.29, 1.82) is 0 Å². The van der Waals surface area contributed by atoms with Gasteiger partial charge < -0.3 is 9.47 Å². The van der Waals surface area contributed by atoms with E-state index in [9.17, 15) is 14.9 Å². The summed E-state index contributed by atoms with van der Waals surface area (Å²) in [6.07, 6.45) is 1.83. The number of nitro benzene ring substituents is 1. The number of amides is 1. The summed E-state index contributed by atoms with van der Waals surface area (Å²) in [7, 11) is 1.61. The third kappa shape index (κ3) is 5.95. The number of amidine groups is 1. The first-order chi connectivity index (χ1) is 17.4. The van der Waals surface area contributed by atoms with E-state index in [2.05, 4.69) is 20.9 Å². The van der Waals surface area contributed by atoms with Gasteiger partial charge in [-0.2, -0.15) is 0 Å². The van der Waals surface area contributed by atoms with Gasteiger partial charge in [-0.05, 0) is 100 Å². The van der Waals surface area contributed by atoms with Crippen LogP contribution in [-0.2, 0) is 11.4 Å². The molecule has 0 saturated carbocycles. The Bertz CT molecular complexity index is 1340. The summed E-state index contributed by atoms with van der Waals surface area (Å²) >= 11 is 4.86. The van der Waals surface area contributed by atoms with Gasteiger partial charge in [0.2, 0.25) is 0 Å². The average molecular weight is 568 g/mol. The number of methoxy groups -OCH3 is 1. The Labute approximate surface area is 220 Å². The highest BCUT2D eigenvalue weighted by atomic mass is 79.9. The van der Waals surface area contributed by atoms with Crippen LogP contribution in [0, 0.1) is 10.1 Å². The predicted octanol–water partition coefficient (Wildman–Crippen LogP) is 6.57. The lowest BCUT2D eigenvalue weighted by molar-refractivity contribution is -0.384. The van der Waals surface area contributed by atoms with E-state index in [1.807, 2.05) is 55.5 Å². The van der Waals surface area contributed by atoms with Gasteiger partial charge in [0, 0.05) is 18.7 Å². The maximum Gasteiger partial charge on any atom is 0.269 e. The number of nitrogens with zero attached hydrogens (tertiary/aromatic N) is 3. The van der Waals surface area contributed by atoms with Crippen LogP contribution in [0.5, 0.6) is 11.5 Å². The van der Waals surface area contributed by atoms with Crippen LogP contribution in [-0.4, -0.2) is 34.6 Å². The van der Waals surface area contributed by atoms with Gasteiger partial charge in [-0.15, -0.1) is 0 Å². The van der Waals surface area contributed by atoms with E-state index in [0.717, 1.165) is 27.0 Å². The molecular formula is C26H22BrN3O5S. The molecule has 1 fully saturated rings. The Morgan fingerprint density at radius 3 is 2.44 bits per heavy atom. The highest BCUT2D eigenvalue weighted by molar-refractivity contribution is 9.10. The molecule has 0 spiro atoms. The number of benzene rings is 3. The van der Waals surface area contributed by atoms with Crippen LogP contribution in [0.2, 0.25) is 0 Å². The molecule has 1 aliphatic rings. The second-order valence-corrected chi connectivity index (χ2v) is 9.52. The summed E-state index contributed by atoms with van der Waals surface area (Å²) < 4.78 is 11.8. The molecule has 0 unspecified atom stereocenters. The quantitative estimate of drug-likeness (QED) is 0.173. The second kappa shape index (κ2) is 11.4. The topological polar surface area (TPSA) is 94.3 Å². The molecule has 4 rings (SSSR count). The molecule has 3 aromatic carbocycles. The van der Waals surface area contributed by atoms with Crippen LogP contribution in [0.4, 0.5) is 11.4 Å². The van der Waals surface area contributed by atoms with Gasteiger partial charge in [-0.1, -0.05) is 6.07 Å². The van der Waals surface area contributed by atoms with Gasteiger partial charge >= 0.3 is 0 Å². The SMILES string of the molecule is CCN1C(=O)/C(=C\c2ccc(OCc3ccc([N+](=O)[O-])cc3)c(Br)c2)SC1=Nc1ccc(OC)cc1. The third-order valence-electron chi connectivity index (χ3n) is 5.30. The van der Waals surface area contributed by atoms with Crippen molar-refractivity contribution in [2.75, 3.05) is 13.7 Å². The Hall–Kier alpha value is -3.63. The normalized spacial score (nSPS) is 15.5. The average Bonchev–Trinajstić information content (AvgIpc) is 3.17.